The number of ether oxygens (including phenoxy) is 5. The minimum atomic E-state index is -2.06. The number of esters is 2. The first-order valence-corrected chi connectivity index (χ1v) is 18.2. The Kier molecular flexibility index (Phi) is 17.9. The van der Waals surface area contributed by atoms with Crippen LogP contribution in [0, 0.1) is 23.7 Å². The zero-order valence-corrected chi connectivity index (χ0v) is 33.4. The molecule has 1 fully saturated rings. The van der Waals surface area contributed by atoms with E-state index in [9.17, 15) is 29.7 Å². The van der Waals surface area contributed by atoms with Crippen molar-refractivity contribution in [2.45, 2.75) is 111 Å². The first-order valence-electron chi connectivity index (χ1n) is 18.2. The maximum atomic E-state index is 13.7. The number of aliphatic hydroxyl groups excluding tert-OH is 2. The summed E-state index contributed by atoms with van der Waals surface area (Å²) in [6, 6.07) is 0. The fourth-order valence-electron chi connectivity index (χ4n) is 6.79. The van der Waals surface area contributed by atoms with Crippen molar-refractivity contribution in [2.24, 2.45) is 23.7 Å². The van der Waals surface area contributed by atoms with E-state index in [0.717, 1.165) is 11.6 Å². The molecule has 1 saturated heterocycles. The van der Waals surface area contributed by atoms with Crippen LogP contribution in [0.1, 0.15) is 75.2 Å². The fourth-order valence-corrected chi connectivity index (χ4v) is 6.79. The largest absolute Gasteiger partial charge is 0.512 e. The Bertz CT molecular complexity index is 1580. The second-order valence-corrected chi connectivity index (χ2v) is 14.4. The van der Waals surface area contributed by atoms with E-state index < -0.39 is 72.0 Å². The SMILES string of the molecule is C/C=C/C=C(\C)C1OC(O)(C(C)C(O)C(C)C2OC(=O)/C(OC)=C/C(C)=C/C(C)=C(/O)C(C)C/C(C)=C/C=C/C2OC)CC(OC(=O)/C=C/C(=O)O)C1C. The Morgan fingerprint density at radius 1 is 1.09 bits per heavy atom. The molecule has 0 amide bonds. The van der Waals surface area contributed by atoms with Gasteiger partial charge in [0.15, 0.2) is 5.79 Å². The van der Waals surface area contributed by atoms with Crippen molar-refractivity contribution in [1.29, 1.82) is 0 Å². The molecule has 0 aliphatic carbocycles. The van der Waals surface area contributed by atoms with Gasteiger partial charge < -0.3 is 44.1 Å². The van der Waals surface area contributed by atoms with Gasteiger partial charge in [0.05, 0.1) is 25.1 Å². The predicted octanol–water partition coefficient (Wildman–Crippen LogP) is 6.59. The number of hydrogen-bond donors (Lipinski definition) is 4. The van der Waals surface area contributed by atoms with Crippen molar-refractivity contribution >= 4 is 17.9 Å². The molecule has 0 aromatic rings. The van der Waals surface area contributed by atoms with Crippen LogP contribution in [0.4, 0.5) is 0 Å². The van der Waals surface area contributed by atoms with Crippen molar-refractivity contribution in [2.75, 3.05) is 14.2 Å². The third-order valence-corrected chi connectivity index (χ3v) is 10.0. The quantitative estimate of drug-likeness (QED) is 0.101. The molecule has 2 heterocycles. The van der Waals surface area contributed by atoms with E-state index in [1.165, 1.54) is 20.3 Å². The number of rotatable bonds is 11. The highest BCUT2D eigenvalue weighted by Crippen LogP contribution is 2.42. The maximum absolute atomic E-state index is 13.7. The van der Waals surface area contributed by atoms with Gasteiger partial charge in [-0.1, -0.05) is 75.8 Å². The van der Waals surface area contributed by atoms with Gasteiger partial charge in [-0.25, -0.2) is 14.4 Å². The van der Waals surface area contributed by atoms with Crippen molar-refractivity contribution in [1.82, 2.24) is 0 Å². The number of methoxy groups -OCH3 is 2. The van der Waals surface area contributed by atoms with Crippen molar-refractivity contribution in [3.63, 3.8) is 0 Å². The minimum Gasteiger partial charge on any atom is -0.512 e. The Labute approximate surface area is 319 Å². The first kappa shape index (κ1) is 45.9. The third kappa shape index (κ3) is 12.7. The summed E-state index contributed by atoms with van der Waals surface area (Å²) in [5.41, 5.74) is 2.95. The van der Waals surface area contributed by atoms with Crippen LogP contribution in [0.2, 0.25) is 0 Å². The molecule has 4 N–H and O–H groups in total. The molecule has 2 aliphatic rings. The van der Waals surface area contributed by atoms with Gasteiger partial charge in [0, 0.05) is 49.4 Å². The average Bonchev–Trinajstić information content (AvgIpc) is 3.12. The molecule has 0 saturated carbocycles. The van der Waals surface area contributed by atoms with E-state index in [1.807, 2.05) is 45.9 Å². The molecule has 54 heavy (non-hydrogen) atoms. The lowest BCUT2D eigenvalue weighted by Crippen LogP contribution is -2.59. The summed E-state index contributed by atoms with van der Waals surface area (Å²) in [7, 11) is 2.78. The second kappa shape index (κ2) is 21.0. The Morgan fingerprint density at radius 3 is 2.35 bits per heavy atom. The highest BCUT2D eigenvalue weighted by molar-refractivity contribution is 5.90. The number of aliphatic carboxylic acids is 1. The summed E-state index contributed by atoms with van der Waals surface area (Å²) in [4.78, 5) is 37.4. The van der Waals surface area contributed by atoms with E-state index >= 15 is 0 Å². The molecule has 2 rings (SSSR count). The molecule has 0 aromatic carbocycles. The summed E-state index contributed by atoms with van der Waals surface area (Å²) in [6.45, 7) is 16.1. The number of hydrogen-bond acceptors (Lipinski definition) is 11. The Morgan fingerprint density at radius 2 is 1.76 bits per heavy atom. The number of carboxylic acid groups (broad SMARTS) is 1. The molecule has 0 radical (unpaired) electrons. The van der Waals surface area contributed by atoms with Gasteiger partial charge in [0.2, 0.25) is 5.76 Å². The van der Waals surface area contributed by atoms with Gasteiger partial charge in [-0.15, -0.1) is 0 Å². The van der Waals surface area contributed by atoms with Crippen LogP contribution in [0.5, 0.6) is 0 Å². The highest BCUT2D eigenvalue weighted by atomic mass is 16.6. The van der Waals surface area contributed by atoms with Crippen LogP contribution in [0.25, 0.3) is 0 Å². The minimum absolute atomic E-state index is 0.124. The maximum Gasteiger partial charge on any atom is 0.373 e. The van der Waals surface area contributed by atoms with Gasteiger partial charge in [-0.05, 0) is 63.8 Å². The molecule has 0 bridgehead atoms. The topological polar surface area (TPSA) is 178 Å². The molecule has 0 spiro atoms. The van der Waals surface area contributed by atoms with Crippen molar-refractivity contribution < 1.29 is 58.5 Å². The van der Waals surface area contributed by atoms with E-state index in [2.05, 4.69) is 0 Å². The smallest absolute Gasteiger partial charge is 0.373 e. The number of carboxylic acids is 1. The molecule has 10 unspecified atom stereocenters. The lowest BCUT2D eigenvalue weighted by molar-refractivity contribution is -0.316. The van der Waals surface area contributed by atoms with Gasteiger partial charge in [-0.3, -0.25) is 0 Å². The summed E-state index contributed by atoms with van der Waals surface area (Å²) in [6.07, 6.45) is 10.7. The number of cyclic esters (lactones) is 1. The van der Waals surface area contributed by atoms with E-state index in [0.29, 0.717) is 29.2 Å². The summed E-state index contributed by atoms with van der Waals surface area (Å²) in [5.74, 6) is -7.59. The Balaban J connectivity index is 2.63. The van der Waals surface area contributed by atoms with Crippen LogP contribution in [-0.4, -0.2) is 88.9 Å². The normalized spacial score (nSPS) is 34.7. The molecule has 300 valence electrons. The lowest BCUT2D eigenvalue weighted by atomic mass is 9.76. The average molecular weight is 757 g/mol. The van der Waals surface area contributed by atoms with Crippen LogP contribution in [-0.2, 0) is 38.1 Å². The molecule has 10 atom stereocenters. The Hall–Kier alpha value is -4.23. The third-order valence-electron chi connectivity index (χ3n) is 10.0. The van der Waals surface area contributed by atoms with Crippen LogP contribution >= 0.6 is 0 Å². The van der Waals surface area contributed by atoms with Gasteiger partial charge in [0.1, 0.15) is 18.3 Å². The predicted molar refractivity (Wildman–Crippen MR) is 205 cm³/mol. The lowest BCUT2D eigenvalue weighted by Gasteiger charge is -2.49. The van der Waals surface area contributed by atoms with Gasteiger partial charge in [0.25, 0.3) is 0 Å². The monoisotopic (exact) mass is 756 g/mol. The van der Waals surface area contributed by atoms with Crippen molar-refractivity contribution in [3.8, 4) is 0 Å². The molecule has 0 aromatic heterocycles. The molecule has 12 nitrogen and oxygen atoms in total. The molecule has 12 heteroatoms. The first-order chi connectivity index (χ1) is 25.3. The van der Waals surface area contributed by atoms with Crippen molar-refractivity contribution in [3.05, 3.63) is 94.6 Å². The number of carbonyl (C=O) groups excluding carboxylic acids is 2. The summed E-state index contributed by atoms with van der Waals surface area (Å²) >= 11 is 0. The molecule has 2 aliphatic heterocycles. The van der Waals surface area contributed by atoms with E-state index in [1.54, 1.807) is 58.9 Å². The number of allylic oxidation sites excluding steroid dienone is 11. The number of carbonyl (C=O) groups is 3. The van der Waals surface area contributed by atoms with E-state index in [4.69, 9.17) is 28.8 Å². The van der Waals surface area contributed by atoms with Crippen LogP contribution < -0.4 is 0 Å². The van der Waals surface area contributed by atoms with Gasteiger partial charge in [-0.2, -0.15) is 0 Å². The molecular formula is C42H60O12. The standard InChI is InChI=1S/C42H60O12/c1-12-13-16-26(4)39-29(7)34(52-36(45)19-18-35(43)44)23-42(49,54-39)31(9)38(47)30(8)40-32(50-10)17-14-15-24(2)20-27(5)37(46)28(6)21-25(3)22-33(51-11)41(48)53-40/h12-19,21-22,27,29-32,34,38-40,46-47,49H,20,23H2,1-11H3,(H,43,44)/b13-12+,17-14+,19-18+,24-15+,25-21+,26-16+,33-22-,37-28+. The van der Waals surface area contributed by atoms with Crippen LogP contribution in [0.15, 0.2) is 94.6 Å². The van der Waals surface area contributed by atoms with Crippen LogP contribution in [0.3, 0.4) is 0 Å². The zero-order chi connectivity index (χ0) is 40.9. The second-order valence-electron chi connectivity index (χ2n) is 14.4. The zero-order valence-electron chi connectivity index (χ0n) is 33.4. The molecular weight excluding hydrogens is 696 g/mol. The van der Waals surface area contributed by atoms with E-state index in [-0.39, 0.29) is 23.9 Å². The highest BCUT2D eigenvalue weighted by Gasteiger charge is 2.52. The van der Waals surface area contributed by atoms with Gasteiger partial charge >= 0.3 is 17.9 Å². The fraction of sp³-hybridized carbons (Fsp3) is 0.548. The number of aliphatic hydroxyl groups is 3. The summed E-state index contributed by atoms with van der Waals surface area (Å²) < 4.78 is 29.3. The summed E-state index contributed by atoms with van der Waals surface area (Å²) in [5, 5.41) is 44.1.